The summed E-state index contributed by atoms with van der Waals surface area (Å²) in [6, 6.07) is 11.4. The lowest BCUT2D eigenvalue weighted by atomic mass is 10.0. The molecule has 3 rings (SSSR count). The highest BCUT2D eigenvalue weighted by Crippen LogP contribution is 2.22. The van der Waals surface area contributed by atoms with Crippen LogP contribution in [0.2, 0.25) is 0 Å². The molecule has 0 saturated heterocycles. The van der Waals surface area contributed by atoms with E-state index in [1.165, 1.54) is 12.5 Å². The van der Waals surface area contributed by atoms with Crippen LogP contribution in [0.1, 0.15) is 5.56 Å². The molecule has 0 atom stereocenters. The van der Waals surface area contributed by atoms with E-state index < -0.39 is 0 Å². The third kappa shape index (κ3) is 2.48. The van der Waals surface area contributed by atoms with Gasteiger partial charge in [-0.2, -0.15) is 5.10 Å². The maximum absolute atomic E-state index is 12.6. The normalized spacial score (nSPS) is 11.2. The van der Waals surface area contributed by atoms with Gasteiger partial charge in [0.15, 0.2) is 5.11 Å². The molecule has 5 nitrogen and oxygen atoms in total. The Hall–Kier alpha value is -2.73. The van der Waals surface area contributed by atoms with Crippen LogP contribution in [0.25, 0.3) is 21.7 Å². The van der Waals surface area contributed by atoms with Crippen LogP contribution in [0.5, 0.6) is 0 Å². The molecule has 0 aliphatic rings. The standard InChI is InChI=1S/C15H11N3O2S/c16-15(21)18-17-7-10-8-20-12-6-5-9-3-1-2-4-11(9)13(12)14(10)19/h1-8H,(H3,16,18,21)/b17-7-. The molecule has 3 aromatic rings. The van der Waals surface area contributed by atoms with Crippen molar-refractivity contribution in [2.75, 3.05) is 0 Å². The van der Waals surface area contributed by atoms with Crippen molar-refractivity contribution in [2.24, 2.45) is 10.8 Å². The van der Waals surface area contributed by atoms with E-state index in [0.29, 0.717) is 16.5 Å². The third-order valence-electron chi connectivity index (χ3n) is 3.07. The van der Waals surface area contributed by atoms with Gasteiger partial charge in [0.05, 0.1) is 17.2 Å². The SMILES string of the molecule is NC(=S)N/N=C\c1coc2ccc3ccccc3c2c1=O. The van der Waals surface area contributed by atoms with Gasteiger partial charge in [0.2, 0.25) is 5.43 Å². The second-order valence-electron chi connectivity index (χ2n) is 4.41. The number of hydrogen-bond acceptors (Lipinski definition) is 4. The van der Waals surface area contributed by atoms with Crippen molar-refractivity contribution in [3.05, 3.63) is 58.4 Å². The van der Waals surface area contributed by atoms with Crippen LogP contribution < -0.4 is 16.6 Å². The number of nitrogens with zero attached hydrogens (tertiary/aromatic N) is 1. The molecular weight excluding hydrogens is 286 g/mol. The second kappa shape index (κ2) is 5.34. The average molecular weight is 297 g/mol. The van der Waals surface area contributed by atoms with Gasteiger partial charge in [0, 0.05) is 0 Å². The van der Waals surface area contributed by atoms with Crippen molar-refractivity contribution >= 4 is 45.3 Å². The fourth-order valence-electron chi connectivity index (χ4n) is 2.16. The van der Waals surface area contributed by atoms with Gasteiger partial charge in [-0.3, -0.25) is 10.2 Å². The van der Waals surface area contributed by atoms with Crippen molar-refractivity contribution in [2.45, 2.75) is 0 Å². The van der Waals surface area contributed by atoms with Crippen LogP contribution in [0, 0.1) is 0 Å². The summed E-state index contributed by atoms with van der Waals surface area (Å²) in [7, 11) is 0. The fourth-order valence-corrected chi connectivity index (χ4v) is 2.22. The van der Waals surface area contributed by atoms with Crippen LogP contribution in [-0.4, -0.2) is 11.3 Å². The summed E-state index contributed by atoms with van der Waals surface area (Å²) in [5.41, 5.74) is 8.38. The molecule has 0 amide bonds. The summed E-state index contributed by atoms with van der Waals surface area (Å²) in [5, 5.41) is 6.18. The first kappa shape index (κ1) is 13.3. The Morgan fingerprint density at radius 2 is 2.10 bits per heavy atom. The lowest BCUT2D eigenvalue weighted by molar-refractivity contribution is 0.602. The van der Waals surface area contributed by atoms with Gasteiger partial charge < -0.3 is 10.2 Å². The van der Waals surface area contributed by atoms with Crippen molar-refractivity contribution in [1.82, 2.24) is 5.43 Å². The Labute approximate surface area is 125 Å². The molecule has 21 heavy (non-hydrogen) atoms. The van der Waals surface area contributed by atoms with Gasteiger partial charge in [-0.15, -0.1) is 0 Å². The molecule has 104 valence electrons. The number of thiocarbonyl (C=S) groups is 1. The fraction of sp³-hybridized carbons (Fsp3) is 0. The molecule has 2 aromatic carbocycles. The maximum atomic E-state index is 12.6. The molecule has 0 fully saturated rings. The minimum Gasteiger partial charge on any atom is -0.463 e. The van der Waals surface area contributed by atoms with Crippen molar-refractivity contribution < 1.29 is 4.42 Å². The highest BCUT2D eigenvalue weighted by Gasteiger charge is 2.09. The average Bonchev–Trinajstić information content (AvgIpc) is 2.49. The number of benzene rings is 2. The van der Waals surface area contributed by atoms with Crippen molar-refractivity contribution in [3.8, 4) is 0 Å². The zero-order valence-electron chi connectivity index (χ0n) is 10.9. The summed E-state index contributed by atoms with van der Waals surface area (Å²) >= 11 is 4.64. The Morgan fingerprint density at radius 1 is 1.29 bits per heavy atom. The topological polar surface area (TPSA) is 80.6 Å². The number of rotatable bonds is 2. The van der Waals surface area contributed by atoms with E-state index in [1.807, 2.05) is 30.3 Å². The molecule has 0 saturated carbocycles. The lowest BCUT2D eigenvalue weighted by Crippen LogP contribution is -2.24. The first-order chi connectivity index (χ1) is 10.2. The van der Waals surface area contributed by atoms with Crippen LogP contribution in [0.4, 0.5) is 0 Å². The van der Waals surface area contributed by atoms with E-state index >= 15 is 0 Å². The molecule has 1 heterocycles. The predicted molar refractivity (Wildman–Crippen MR) is 87.5 cm³/mol. The van der Waals surface area contributed by atoms with Gasteiger partial charge in [-0.05, 0) is 29.1 Å². The van der Waals surface area contributed by atoms with Crippen LogP contribution >= 0.6 is 12.2 Å². The first-order valence-electron chi connectivity index (χ1n) is 6.18. The van der Waals surface area contributed by atoms with E-state index in [1.54, 1.807) is 6.07 Å². The van der Waals surface area contributed by atoms with Crippen LogP contribution in [0.3, 0.4) is 0 Å². The Balaban J connectivity index is 2.24. The smallest absolute Gasteiger partial charge is 0.202 e. The lowest BCUT2D eigenvalue weighted by Gasteiger charge is -2.03. The molecule has 0 spiro atoms. The third-order valence-corrected chi connectivity index (χ3v) is 3.16. The summed E-state index contributed by atoms with van der Waals surface area (Å²) in [5.74, 6) is 0. The molecule has 1 aromatic heterocycles. The number of hydrazone groups is 1. The van der Waals surface area contributed by atoms with Crippen molar-refractivity contribution in [1.29, 1.82) is 0 Å². The molecule has 0 bridgehead atoms. The monoisotopic (exact) mass is 297 g/mol. The zero-order valence-corrected chi connectivity index (χ0v) is 11.7. The van der Waals surface area contributed by atoms with E-state index in [0.717, 1.165) is 10.8 Å². The largest absolute Gasteiger partial charge is 0.463 e. The summed E-state index contributed by atoms with van der Waals surface area (Å²) < 4.78 is 5.51. The Kier molecular flexibility index (Phi) is 3.37. The summed E-state index contributed by atoms with van der Waals surface area (Å²) in [6.07, 6.45) is 2.70. The Bertz CT molecular complexity index is 931. The van der Waals surface area contributed by atoms with Crippen molar-refractivity contribution in [3.63, 3.8) is 0 Å². The highest BCUT2D eigenvalue weighted by molar-refractivity contribution is 7.80. The van der Waals surface area contributed by atoms with Gasteiger partial charge in [-0.1, -0.05) is 30.3 Å². The molecule has 6 heteroatoms. The number of fused-ring (bicyclic) bond motifs is 3. The highest BCUT2D eigenvalue weighted by atomic mass is 32.1. The van der Waals surface area contributed by atoms with Gasteiger partial charge in [-0.25, -0.2) is 0 Å². The summed E-state index contributed by atoms with van der Waals surface area (Å²) in [4.78, 5) is 12.6. The van der Waals surface area contributed by atoms with E-state index in [9.17, 15) is 4.79 Å². The van der Waals surface area contributed by atoms with E-state index in [-0.39, 0.29) is 10.5 Å². The molecule has 0 radical (unpaired) electrons. The molecule has 0 unspecified atom stereocenters. The maximum Gasteiger partial charge on any atom is 0.202 e. The van der Waals surface area contributed by atoms with Gasteiger partial charge in [0.25, 0.3) is 0 Å². The van der Waals surface area contributed by atoms with Crippen LogP contribution in [0.15, 0.2) is 57.0 Å². The summed E-state index contributed by atoms with van der Waals surface area (Å²) in [6.45, 7) is 0. The van der Waals surface area contributed by atoms with Gasteiger partial charge >= 0.3 is 0 Å². The Morgan fingerprint density at radius 3 is 2.90 bits per heavy atom. The second-order valence-corrected chi connectivity index (χ2v) is 4.85. The van der Waals surface area contributed by atoms with E-state index in [2.05, 4.69) is 22.7 Å². The number of nitrogens with one attached hydrogen (secondary N) is 1. The van der Waals surface area contributed by atoms with Gasteiger partial charge in [0.1, 0.15) is 11.8 Å². The van der Waals surface area contributed by atoms with Crippen LogP contribution in [-0.2, 0) is 0 Å². The number of nitrogens with two attached hydrogens (primary N) is 1. The quantitative estimate of drug-likeness (QED) is 0.328. The zero-order chi connectivity index (χ0) is 14.8. The molecule has 3 N–H and O–H groups in total. The molecule has 0 aliphatic heterocycles. The first-order valence-corrected chi connectivity index (χ1v) is 6.59. The number of hydrogen-bond donors (Lipinski definition) is 2. The van der Waals surface area contributed by atoms with E-state index in [4.69, 9.17) is 10.2 Å². The minimum absolute atomic E-state index is 0.0295. The molecular formula is C15H11N3O2S. The molecule has 0 aliphatic carbocycles. The minimum atomic E-state index is -0.151. The predicted octanol–water partition coefficient (Wildman–Crippen LogP) is 2.11.